The highest BCUT2D eigenvalue weighted by Gasteiger charge is 2.10. The van der Waals surface area contributed by atoms with Crippen LogP contribution in [0, 0.1) is 0 Å². The zero-order valence-electron chi connectivity index (χ0n) is 16.3. The molecular formula is C21H25N3O5. The van der Waals surface area contributed by atoms with Crippen molar-refractivity contribution in [3.8, 4) is 0 Å². The van der Waals surface area contributed by atoms with Gasteiger partial charge in [0.15, 0.2) is 0 Å². The van der Waals surface area contributed by atoms with E-state index >= 15 is 0 Å². The molecule has 0 radical (unpaired) electrons. The van der Waals surface area contributed by atoms with E-state index in [2.05, 4.69) is 16.0 Å². The Morgan fingerprint density at radius 3 is 1.76 bits per heavy atom. The van der Waals surface area contributed by atoms with Gasteiger partial charge in [0.05, 0.1) is 25.0 Å². The molecule has 2 rings (SSSR count). The summed E-state index contributed by atoms with van der Waals surface area (Å²) in [4.78, 5) is 35.8. The van der Waals surface area contributed by atoms with Crippen LogP contribution in [0.2, 0.25) is 0 Å². The van der Waals surface area contributed by atoms with Gasteiger partial charge >= 0.3 is 0 Å². The lowest BCUT2D eigenvalue weighted by Crippen LogP contribution is -2.18. The van der Waals surface area contributed by atoms with E-state index in [1.54, 1.807) is 48.5 Å². The minimum absolute atomic E-state index is 0.00761. The largest absolute Gasteiger partial charge is 0.393 e. The van der Waals surface area contributed by atoms with Crippen molar-refractivity contribution in [1.82, 2.24) is 0 Å². The van der Waals surface area contributed by atoms with Crippen molar-refractivity contribution in [3.63, 3.8) is 0 Å². The summed E-state index contributed by atoms with van der Waals surface area (Å²) in [5.41, 5.74) is 1.92. The fourth-order valence-electron chi connectivity index (χ4n) is 2.54. The predicted molar refractivity (Wildman–Crippen MR) is 111 cm³/mol. The van der Waals surface area contributed by atoms with E-state index in [9.17, 15) is 24.6 Å². The standard InChI is InChI=1S/C21H25N3O5/c1-13(25)10-19(27)22-16-8-6-15(7-9-16)21(29)24-18-5-3-4-17(12-18)23-20(28)11-14(2)26/h3-9,12-14,25-26H,10-11H2,1-2H3,(H,22,27)(H,23,28)(H,24,29). The van der Waals surface area contributed by atoms with Crippen LogP contribution in [0.1, 0.15) is 37.0 Å². The summed E-state index contributed by atoms with van der Waals surface area (Å²) >= 11 is 0. The number of anilines is 3. The van der Waals surface area contributed by atoms with Crippen LogP contribution in [0.3, 0.4) is 0 Å². The van der Waals surface area contributed by atoms with Crippen molar-refractivity contribution in [3.05, 3.63) is 54.1 Å². The summed E-state index contributed by atoms with van der Waals surface area (Å²) in [6.45, 7) is 3.06. The molecule has 0 saturated carbocycles. The fraction of sp³-hybridized carbons (Fsp3) is 0.286. The van der Waals surface area contributed by atoms with Crippen LogP contribution in [0.15, 0.2) is 48.5 Å². The van der Waals surface area contributed by atoms with Gasteiger partial charge in [0.25, 0.3) is 5.91 Å². The number of aliphatic hydroxyl groups is 2. The highest BCUT2D eigenvalue weighted by Crippen LogP contribution is 2.17. The molecule has 0 spiro atoms. The Bertz CT molecular complexity index is 863. The Balaban J connectivity index is 1.97. The maximum Gasteiger partial charge on any atom is 0.255 e. The molecule has 0 aliphatic heterocycles. The molecule has 5 N–H and O–H groups in total. The number of hydrogen-bond acceptors (Lipinski definition) is 5. The Kier molecular flexibility index (Phi) is 7.88. The van der Waals surface area contributed by atoms with Gasteiger partial charge in [0, 0.05) is 22.6 Å². The molecule has 3 amide bonds. The van der Waals surface area contributed by atoms with Gasteiger partial charge in [0.2, 0.25) is 11.8 Å². The van der Waals surface area contributed by atoms with Gasteiger partial charge in [-0.3, -0.25) is 14.4 Å². The number of nitrogens with one attached hydrogen (secondary N) is 3. The van der Waals surface area contributed by atoms with E-state index in [4.69, 9.17) is 0 Å². The van der Waals surface area contributed by atoms with Crippen LogP contribution in [0.5, 0.6) is 0 Å². The van der Waals surface area contributed by atoms with Crippen molar-refractivity contribution in [2.75, 3.05) is 16.0 Å². The molecule has 0 bridgehead atoms. The lowest BCUT2D eigenvalue weighted by atomic mass is 10.1. The highest BCUT2D eigenvalue weighted by molar-refractivity contribution is 6.05. The average Bonchev–Trinajstić information content (AvgIpc) is 2.61. The van der Waals surface area contributed by atoms with Gasteiger partial charge in [0.1, 0.15) is 0 Å². The van der Waals surface area contributed by atoms with E-state index in [-0.39, 0.29) is 30.6 Å². The van der Waals surface area contributed by atoms with Crippen LogP contribution >= 0.6 is 0 Å². The van der Waals surface area contributed by atoms with Gasteiger partial charge in [-0.2, -0.15) is 0 Å². The highest BCUT2D eigenvalue weighted by atomic mass is 16.3. The first-order valence-electron chi connectivity index (χ1n) is 9.20. The van der Waals surface area contributed by atoms with E-state index in [0.717, 1.165) is 0 Å². The molecule has 0 fully saturated rings. The number of carbonyl (C=O) groups is 3. The Morgan fingerprint density at radius 1 is 0.759 bits per heavy atom. The van der Waals surface area contributed by atoms with Crippen molar-refractivity contribution >= 4 is 34.8 Å². The third-order valence-electron chi connectivity index (χ3n) is 3.80. The molecule has 2 unspecified atom stereocenters. The summed E-state index contributed by atoms with van der Waals surface area (Å²) in [7, 11) is 0. The maximum atomic E-state index is 12.4. The van der Waals surface area contributed by atoms with Gasteiger partial charge in [-0.05, 0) is 56.3 Å². The van der Waals surface area contributed by atoms with Crippen LogP contribution in [0.25, 0.3) is 0 Å². The zero-order valence-corrected chi connectivity index (χ0v) is 16.3. The second-order valence-corrected chi connectivity index (χ2v) is 6.81. The minimum Gasteiger partial charge on any atom is -0.393 e. The molecule has 2 aromatic rings. The molecule has 8 heteroatoms. The van der Waals surface area contributed by atoms with E-state index in [1.807, 2.05) is 0 Å². The molecule has 2 aromatic carbocycles. The number of hydrogen-bond donors (Lipinski definition) is 5. The number of carbonyl (C=O) groups excluding carboxylic acids is 3. The van der Waals surface area contributed by atoms with E-state index in [0.29, 0.717) is 22.6 Å². The van der Waals surface area contributed by atoms with Crippen molar-refractivity contribution in [2.24, 2.45) is 0 Å². The molecule has 0 saturated heterocycles. The summed E-state index contributed by atoms with van der Waals surface area (Å²) < 4.78 is 0. The molecular weight excluding hydrogens is 374 g/mol. The molecule has 2 atom stereocenters. The molecule has 0 heterocycles. The van der Waals surface area contributed by atoms with Crippen LogP contribution in [0.4, 0.5) is 17.1 Å². The molecule has 0 aromatic heterocycles. The topological polar surface area (TPSA) is 128 Å². The fourth-order valence-corrected chi connectivity index (χ4v) is 2.54. The lowest BCUT2D eigenvalue weighted by Gasteiger charge is -2.10. The van der Waals surface area contributed by atoms with Crippen LogP contribution in [-0.2, 0) is 9.59 Å². The third-order valence-corrected chi connectivity index (χ3v) is 3.80. The monoisotopic (exact) mass is 399 g/mol. The van der Waals surface area contributed by atoms with E-state index in [1.165, 1.54) is 13.8 Å². The molecule has 154 valence electrons. The quantitative estimate of drug-likeness (QED) is 0.466. The molecule has 29 heavy (non-hydrogen) atoms. The Morgan fingerprint density at radius 2 is 1.24 bits per heavy atom. The van der Waals surface area contributed by atoms with E-state index < -0.39 is 12.2 Å². The smallest absolute Gasteiger partial charge is 0.255 e. The van der Waals surface area contributed by atoms with Crippen molar-refractivity contribution in [2.45, 2.75) is 38.9 Å². The second kappa shape index (κ2) is 10.4. The Labute approximate surface area is 168 Å². The van der Waals surface area contributed by atoms with Gasteiger partial charge in [-0.25, -0.2) is 0 Å². The first kappa shape index (κ1) is 22.1. The maximum absolute atomic E-state index is 12.4. The minimum atomic E-state index is -0.738. The normalized spacial score (nSPS) is 12.6. The summed E-state index contributed by atoms with van der Waals surface area (Å²) in [6.07, 6.45) is -1.49. The lowest BCUT2D eigenvalue weighted by molar-refractivity contribution is -0.118. The predicted octanol–water partition coefficient (Wildman–Crippen LogP) is 2.36. The first-order chi connectivity index (χ1) is 13.7. The summed E-state index contributed by atoms with van der Waals surface area (Å²) in [5, 5.41) is 26.5. The number of benzene rings is 2. The first-order valence-corrected chi connectivity index (χ1v) is 9.20. The number of rotatable bonds is 8. The average molecular weight is 399 g/mol. The summed E-state index contributed by atoms with van der Waals surface area (Å²) in [6, 6.07) is 13.0. The van der Waals surface area contributed by atoms with Crippen molar-refractivity contribution < 1.29 is 24.6 Å². The van der Waals surface area contributed by atoms with Crippen LogP contribution in [-0.4, -0.2) is 40.1 Å². The molecule has 8 nitrogen and oxygen atoms in total. The second-order valence-electron chi connectivity index (χ2n) is 6.81. The van der Waals surface area contributed by atoms with Gasteiger partial charge < -0.3 is 26.2 Å². The third kappa shape index (κ3) is 7.73. The summed E-state index contributed by atoms with van der Waals surface area (Å²) in [5.74, 6) is -0.984. The molecule has 0 aliphatic rings. The Hall–Kier alpha value is -3.23. The van der Waals surface area contributed by atoms with Gasteiger partial charge in [-0.1, -0.05) is 6.07 Å². The molecule has 0 aliphatic carbocycles. The van der Waals surface area contributed by atoms with Crippen molar-refractivity contribution in [1.29, 1.82) is 0 Å². The number of amides is 3. The van der Waals surface area contributed by atoms with Crippen LogP contribution < -0.4 is 16.0 Å². The number of aliphatic hydroxyl groups excluding tert-OH is 2. The SMILES string of the molecule is CC(O)CC(=O)Nc1ccc(C(=O)Nc2cccc(NC(=O)CC(C)O)c2)cc1. The van der Waals surface area contributed by atoms with Gasteiger partial charge in [-0.15, -0.1) is 0 Å². The zero-order chi connectivity index (χ0) is 21.4.